The second-order valence-electron chi connectivity index (χ2n) is 6.14. The molecule has 1 fully saturated rings. The Kier molecular flexibility index (Phi) is 3.62. The molecule has 1 saturated carbocycles. The lowest BCUT2D eigenvalue weighted by molar-refractivity contribution is 0.1000. The minimum absolute atomic E-state index is 0.426. The van der Waals surface area contributed by atoms with Gasteiger partial charge in [0.05, 0.1) is 5.69 Å². The number of fused-ring (bicyclic) bond motifs is 1. The summed E-state index contributed by atoms with van der Waals surface area (Å²) in [7, 11) is 0. The van der Waals surface area contributed by atoms with Gasteiger partial charge >= 0.3 is 0 Å². The highest BCUT2D eigenvalue weighted by Gasteiger charge is 2.25. The van der Waals surface area contributed by atoms with Crippen LogP contribution >= 0.6 is 11.3 Å². The molecule has 1 heterocycles. The van der Waals surface area contributed by atoms with Crippen molar-refractivity contribution in [3.63, 3.8) is 0 Å². The Morgan fingerprint density at radius 3 is 2.57 bits per heavy atom. The summed E-state index contributed by atoms with van der Waals surface area (Å²) in [5, 5.41) is 2.83. The van der Waals surface area contributed by atoms with Gasteiger partial charge in [0, 0.05) is 10.4 Å². The molecule has 1 aromatic heterocycles. The molecule has 0 bridgehead atoms. The fourth-order valence-electron chi connectivity index (χ4n) is 3.45. The molecule has 2 N–H and O–H groups in total. The first-order valence-corrected chi connectivity index (χ1v) is 8.84. The number of nitrogens with two attached hydrogens (primary N) is 1. The molecule has 23 heavy (non-hydrogen) atoms. The summed E-state index contributed by atoms with van der Waals surface area (Å²) in [6, 6.07) is 14.7. The number of nitrogens with zero attached hydrogens (tertiary/aromatic N) is 1. The van der Waals surface area contributed by atoms with Crippen molar-refractivity contribution in [1.82, 2.24) is 4.98 Å². The summed E-state index contributed by atoms with van der Waals surface area (Å²) >= 11 is 1.48. The Hall–Kier alpha value is -2.20. The van der Waals surface area contributed by atoms with Gasteiger partial charge in [-0.3, -0.25) is 4.79 Å². The van der Waals surface area contributed by atoms with E-state index in [1.165, 1.54) is 52.7 Å². The fraction of sp³-hybridized carbons (Fsp3) is 0.263. The van der Waals surface area contributed by atoms with E-state index in [1.54, 1.807) is 0 Å². The summed E-state index contributed by atoms with van der Waals surface area (Å²) in [4.78, 5) is 17.4. The lowest BCUT2D eigenvalue weighted by atomic mass is 9.99. The van der Waals surface area contributed by atoms with Gasteiger partial charge in [-0.25, -0.2) is 4.98 Å². The van der Waals surface area contributed by atoms with Gasteiger partial charge in [-0.15, -0.1) is 11.3 Å². The number of thiazole rings is 1. The van der Waals surface area contributed by atoms with E-state index in [1.807, 2.05) is 12.1 Å². The van der Waals surface area contributed by atoms with Gasteiger partial charge in [0.2, 0.25) is 0 Å². The van der Waals surface area contributed by atoms with Gasteiger partial charge in [-0.1, -0.05) is 49.2 Å². The predicted octanol–water partition coefficient (Wildman–Crippen LogP) is 4.72. The predicted molar refractivity (Wildman–Crippen MR) is 94.8 cm³/mol. The zero-order chi connectivity index (χ0) is 15.8. The topological polar surface area (TPSA) is 56.0 Å². The molecule has 0 spiro atoms. The zero-order valence-corrected chi connectivity index (χ0v) is 13.6. The van der Waals surface area contributed by atoms with Gasteiger partial charge in [0.25, 0.3) is 5.91 Å². The molecule has 1 amide bonds. The molecule has 4 rings (SSSR count). The van der Waals surface area contributed by atoms with Crippen LogP contribution in [0.15, 0.2) is 42.5 Å². The highest BCUT2D eigenvalue weighted by Crippen LogP contribution is 2.42. The van der Waals surface area contributed by atoms with E-state index in [0.717, 1.165) is 11.3 Å². The van der Waals surface area contributed by atoms with Crippen LogP contribution in [0.25, 0.3) is 22.0 Å². The summed E-state index contributed by atoms with van der Waals surface area (Å²) in [5.41, 5.74) is 7.50. The molecule has 0 radical (unpaired) electrons. The van der Waals surface area contributed by atoms with E-state index in [-0.39, 0.29) is 0 Å². The van der Waals surface area contributed by atoms with Crippen molar-refractivity contribution in [2.75, 3.05) is 0 Å². The van der Waals surface area contributed by atoms with Crippen LogP contribution < -0.4 is 5.73 Å². The normalized spacial score (nSPS) is 15.3. The molecule has 1 aliphatic carbocycles. The molecule has 3 nitrogen and oxygen atoms in total. The van der Waals surface area contributed by atoms with Crippen LogP contribution in [0.5, 0.6) is 0 Å². The van der Waals surface area contributed by atoms with Gasteiger partial charge < -0.3 is 5.73 Å². The largest absolute Gasteiger partial charge is 0.364 e. The first-order chi connectivity index (χ1) is 11.2. The number of hydrogen-bond acceptors (Lipinski definition) is 3. The second-order valence-corrected chi connectivity index (χ2v) is 7.17. The number of aromatic nitrogens is 1. The van der Waals surface area contributed by atoms with Gasteiger partial charge in [0.15, 0.2) is 5.01 Å². The summed E-state index contributed by atoms with van der Waals surface area (Å²) in [6.45, 7) is 0. The van der Waals surface area contributed by atoms with Gasteiger partial charge in [0.1, 0.15) is 0 Å². The number of benzene rings is 2. The Labute approximate surface area is 139 Å². The van der Waals surface area contributed by atoms with Crippen LogP contribution in [0, 0.1) is 0 Å². The number of primary amides is 1. The van der Waals surface area contributed by atoms with Crippen LogP contribution in [0.4, 0.5) is 0 Å². The molecule has 0 atom stereocenters. The molecule has 1 aliphatic rings. The standard InChI is InChI=1S/C19H18N2OS/c20-18(22)19-21-16(17(23-19)13-6-2-3-7-13)15-10-9-12-5-1-4-8-14(12)11-15/h1,4-5,8-11,13H,2-3,6-7H2,(H2,20,22). The molecule has 2 aromatic carbocycles. The minimum Gasteiger partial charge on any atom is -0.364 e. The number of carbonyl (C=O) groups is 1. The summed E-state index contributed by atoms with van der Waals surface area (Å²) in [5.74, 6) is 0.0864. The maximum Gasteiger partial charge on any atom is 0.277 e. The average molecular weight is 322 g/mol. The van der Waals surface area contributed by atoms with E-state index in [9.17, 15) is 4.79 Å². The first-order valence-electron chi connectivity index (χ1n) is 8.02. The Morgan fingerprint density at radius 1 is 1.09 bits per heavy atom. The van der Waals surface area contributed by atoms with E-state index in [2.05, 4.69) is 35.3 Å². The highest BCUT2D eigenvalue weighted by atomic mass is 32.1. The molecule has 3 aromatic rings. The molecule has 116 valence electrons. The average Bonchev–Trinajstić information content (AvgIpc) is 3.23. The maximum absolute atomic E-state index is 11.6. The molecule has 4 heteroatoms. The lowest BCUT2D eigenvalue weighted by Gasteiger charge is -2.09. The third kappa shape index (κ3) is 2.63. The Bertz CT molecular complexity index is 878. The first kappa shape index (κ1) is 14.4. The van der Waals surface area contributed by atoms with E-state index in [0.29, 0.717) is 10.9 Å². The molecule has 0 unspecified atom stereocenters. The van der Waals surface area contributed by atoms with Crippen molar-refractivity contribution in [1.29, 1.82) is 0 Å². The molecule has 0 saturated heterocycles. The zero-order valence-electron chi connectivity index (χ0n) is 12.8. The van der Waals surface area contributed by atoms with Crippen molar-refractivity contribution < 1.29 is 4.79 Å². The van der Waals surface area contributed by atoms with Crippen molar-refractivity contribution in [2.45, 2.75) is 31.6 Å². The van der Waals surface area contributed by atoms with Crippen LogP contribution in [-0.2, 0) is 0 Å². The van der Waals surface area contributed by atoms with Crippen LogP contribution in [0.3, 0.4) is 0 Å². The Morgan fingerprint density at radius 2 is 1.83 bits per heavy atom. The maximum atomic E-state index is 11.6. The van der Waals surface area contributed by atoms with Crippen LogP contribution in [0.2, 0.25) is 0 Å². The number of rotatable bonds is 3. The number of amides is 1. The van der Waals surface area contributed by atoms with Crippen LogP contribution in [0.1, 0.15) is 46.3 Å². The number of carbonyl (C=O) groups excluding carboxylic acids is 1. The summed E-state index contributed by atoms with van der Waals surface area (Å²) < 4.78 is 0. The smallest absolute Gasteiger partial charge is 0.277 e. The quantitative estimate of drug-likeness (QED) is 0.758. The van der Waals surface area contributed by atoms with E-state index < -0.39 is 5.91 Å². The monoisotopic (exact) mass is 322 g/mol. The van der Waals surface area contributed by atoms with Crippen LogP contribution in [-0.4, -0.2) is 10.9 Å². The van der Waals surface area contributed by atoms with Crippen molar-refractivity contribution in [3.8, 4) is 11.3 Å². The summed E-state index contributed by atoms with van der Waals surface area (Å²) in [6.07, 6.45) is 4.87. The minimum atomic E-state index is -0.429. The Balaban J connectivity index is 1.86. The third-order valence-corrected chi connectivity index (χ3v) is 5.85. The van der Waals surface area contributed by atoms with E-state index >= 15 is 0 Å². The second kappa shape index (κ2) is 5.78. The fourth-order valence-corrected chi connectivity index (χ4v) is 4.55. The van der Waals surface area contributed by atoms with Crippen molar-refractivity contribution in [2.24, 2.45) is 5.73 Å². The van der Waals surface area contributed by atoms with E-state index in [4.69, 9.17) is 5.73 Å². The molecular formula is C19H18N2OS. The van der Waals surface area contributed by atoms with Crippen molar-refractivity contribution in [3.05, 3.63) is 52.3 Å². The van der Waals surface area contributed by atoms with Gasteiger partial charge in [-0.05, 0) is 35.6 Å². The lowest BCUT2D eigenvalue weighted by Crippen LogP contribution is -2.10. The SMILES string of the molecule is NC(=O)c1nc(-c2ccc3ccccc3c2)c(C2CCCC2)s1. The highest BCUT2D eigenvalue weighted by molar-refractivity contribution is 7.14. The van der Waals surface area contributed by atoms with Crippen molar-refractivity contribution >= 4 is 28.0 Å². The number of hydrogen-bond donors (Lipinski definition) is 1. The molecular weight excluding hydrogens is 304 g/mol. The third-order valence-electron chi connectivity index (χ3n) is 4.61. The van der Waals surface area contributed by atoms with Gasteiger partial charge in [-0.2, -0.15) is 0 Å². The molecule has 0 aliphatic heterocycles.